The van der Waals surface area contributed by atoms with Crippen molar-refractivity contribution in [3.8, 4) is 0 Å². The highest BCUT2D eigenvalue weighted by atomic mass is 16.4. The number of nitrogens with zero attached hydrogens (tertiary/aromatic N) is 2. The molecule has 1 saturated carbocycles. The molecule has 2 aromatic heterocycles. The molecule has 0 atom stereocenters. The fourth-order valence-electron chi connectivity index (χ4n) is 2.17. The maximum atomic E-state index is 11.1. The van der Waals surface area contributed by atoms with E-state index in [4.69, 9.17) is 5.11 Å². The molecular weight excluding hydrogens is 220 g/mol. The minimum atomic E-state index is -1.03. The Bertz CT molecular complexity index is 599. The van der Waals surface area contributed by atoms with E-state index in [2.05, 4.69) is 4.98 Å². The van der Waals surface area contributed by atoms with Gasteiger partial charge in [-0.3, -0.25) is 0 Å². The smallest absolute Gasteiger partial charge is 0.356 e. The molecule has 1 aliphatic rings. The second-order valence-corrected chi connectivity index (χ2v) is 4.48. The average Bonchev–Trinajstić information content (AvgIpc) is 3.03. The highest BCUT2D eigenvalue weighted by Crippen LogP contribution is 2.47. The third-order valence-corrected chi connectivity index (χ3v) is 3.38. The summed E-state index contributed by atoms with van der Waals surface area (Å²) >= 11 is 0. The van der Waals surface area contributed by atoms with Gasteiger partial charge in [0.05, 0.1) is 17.5 Å². The van der Waals surface area contributed by atoms with E-state index >= 15 is 0 Å². The van der Waals surface area contributed by atoms with Gasteiger partial charge >= 0.3 is 5.97 Å². The molecule has 17 heavy (non-hydrogen) atoms. The number of pyridine rings is 1. The average molecular weight is 232 g/mol. The standard InChI is InChI=1S/C12H12N2O3/c15-7-12(4-5-12)11-13-9(10(16)17)8-3-1-2-6-14(8)11/h1-3,6,15H,4-5,7H2,(H,16,17). The number of aliphatic hydroxyl groups excluding tert-OH is 1. The van der Waals surface area contributed by atoms with E-state index in [-0.39, 0.29) is 17.7 Å². The first-order valence-corrected chi connectivity index (χ1v) is 5.50. The van der Waals surface area contributed by atoms with Crippen molar-refractivity contribution in [1.82, 2.24) is 9.38 Å². The van der Waals surface area contributed by atoms with Crippen LogP contribution >= 0.6 is 0 Å². The number of carboxylic acids is 1. The normalized spacial score (nSPS) is 17.2. The number of imidazole rings is 1. The molecule has 1 aliphatic carbocycles. The predicted molar refractivity (Wildman–Crippen MR) is 60.1 cm³/mol. The number of aliphatic hydroxyl groups is 1. The van der Waals surface area contributed by atoms with Crippen molar-refractivity contribution in [3.63, 3.8) is 0 Å². The SMILES string of the molecule is O=C(O)c1nc(C2(CO)CC2)n2ccccc12. The Balaban J connectivity index is 2.29. The molecule has 5 heteroatoms. The van der Waals surface area contributed by atoms with Crippen molar-refractivity contribution in [3.05, 3.63) is 35.9 Å². The summed E-state index contributed by atoms with van der Waals surface area (Å²) in [5.74, 6) is -0.373. The molecule has 0 spiro atoms. The molecule has 2 heterocycles. The number of hydrogen-bond acceptors (Lipinski definition) is 3. The van der Waals surface area contributed by atoms with Gasteiger partial charge < -0.3 is 14.6 Å². The number of carbonyl (C=O) groups is 1. The van der Waals surface area contributed by atoms with Gasteiger partial charge in [0, 0.05) is 6.20 Å². The molecule has 2 N–H and O–H groups in total. The van der Waals surface area contributed by atoms with Crippen molar-refractivity contribution in [2.45, 2.75) is 18.3 Å². The van der Waals surface area contributed by atoms with E-state index < -0.39 is 5.97 Å². The highest BCUT2D eigenvalue weighted by Gasteiger charge is 2.47. The van der Waals surface area contributed by atoms with Crippen molar-refractivity contribution in [2.75, 3.05) is 6.61 Å². The first kappa shape index (κ1) is 10.3. The molecule has 0 aliphatic heterocycles. The lowest BCUT2D eigenvalue weighted by atomic mass is 10.1. The second-order valence-electron chi connectivity index (χ2n) is 4.48. The molecule has 0 amide bonds. The van der Waals surface area contributed by atoms with Gasteiger partial charge in [-0.2, -0.15) is 0 Å². The van der Waals surface area contributed by atoms with Gasteiger partial charge in [-0.15, -0.1) is 0 Å². The van der Waals surface area contributed by atoms with Crippen molar-refractivity contribution in [2.24, 2.45) is 0 Å². The summed E-state index contributed by atoms with van der Waals surface area (Å²) in [5, 5.41) is 18.5. The summed E-state index contributed by atoms with van der Waals surface area (Å²) < 4.78 is 1.77. The molecule has 1 fully saturated rings. The van der Waals surface area contributed by atoms with Crippen LogP contribution in [-0.4, -0.2) is 32.2 Å². The van der Waals surface area contributed by atoms with Crippen molar-refractivity contribution < 1.29 is 15.0 Å². The summed E-state index contributed by atoms with van der Waals surface area (Å²) in [5.41, 5.74) is 0.299. The number of fused-ring (bicyclic) bond motifs is 1. The number of carboxylic acid groups (broad SMARTS) is 1. The van der Waals surface area contributed by atoms with Crippen molar-refractivity contribution in [1.29, 1.82) is 0 Å². The van der Waals surface area contributed by atoms with E-state index in [1.807, 2.05) is 6.07 Å². The number of aromatic carboxylic acids is 1. The van der Waals surface area contributed by atoms with Crippen LogP contribution in [0.1, 0.15) is 29.2 Å². The van der Waals surface area contributed by atoms with Crippen LogP contribution in [0.5, 0.6) is 0 Å². The highest BCUT2D eigenvalue weighted by molar-refractivity contribution is 5.93. The largest absolute Gasteiger partial charge is 0.476 e. The van der Waals surface area contributed by atoms with Crippen molar-refractivity contribution >= 4 is 11.5 Å². The molecule has 2 aromatic rings. The van der Waals surface area contributed by atoms with E-state index in [0.29, 0.717) is 11.3 Å². The molecule has 0 saturated heterocycles. The van der Waals surface area contributed by atoms with Gasteiger partial charge in [-0.1, -0.05) is 6.07 Å². The van der Waals surface area contributed by atoms with Gasteiger partial charge in [0.2, 0.25) is 0 Å². The summed E-state index contributed by atoms with van der Waals surface area (Å²) in [4.78, 5) is 15.3. The molecule has 0 aromatic carbocycles. The van der Waals surface area contributed by atoms with Gasteiger partial charge in [0.15, 0.2) is 5.69 Å². The molecule has 0 bridgehead atoms. The Labute approximate surface area is 97.3 Å². The van der Waals surface area contributed by atoms with Crippen LogP contribution in [0.2, 0.25) is 0 Å². The Kier molecular flexibility index (Phi) is 2.00. The van der Waals surface area contributed by atoms with Crippen LogP contribution in [-0.2, 0) is 5.41 Å². The van der Waals surface area contributed by atoms with E-state index in [9.17, 15) is 9.90 Å². The Morgan fingerprint density at radius 1 is 1.47 bits per heavy atom. The third kappa shape index (κ3) is 1.36. The zero-order valence-corrected chi connectivity index (χ0v) is 9.13. The number of rotatable bonds is 3. The zero-order chi connectivity index (χ0) is 12.0. The molecule has 88 valence electrons. The molecule has 0 radical (unpaired) electrons. The molecule has 5 nitrogen and oxygen atoms in total. The van der Waals surface area contributed by atoms with Gasteiger partial charge in [-0.25, -0.2) is 9.78 Å². The fourth-order valence-corrected chi connectivity index (χ4v) is 2.17. The minimum Gasteiger partial charge on any atom is -0.476 e. The van der Waals surface area contributed by atoms with Crippen LogP contribution in [0.4, 0.5) is 0 Å². The fraction of sp³-hybridized carbons (Fsp3) is 0.333. The lowest BCUT2D eigenvalue weighted by molar-refractivity contribution is 0.0693. The van der Waals surface area contributed by atoms with Gasteiger partial charge in [-0.05, 0) is 25.0 Å². The molecular formula is C12H12N2O3. The van der Waals surface area contributed by atoms with E-state index in [1.165, 1.54) is 0 Å². The Morgan fingerprint density at radius 2 is 2.24 bits per heavy atom. The summed E-state index contributed by atoms with van der Waals surface area (Å²) in [6, 6.07) is 5.34. The predicted octanol–water partition coefficient (Wildman–Crippen LogP) is 1.06. The van der Waals surface area contributed by atoms with Crippen LogP contribution in [0, 0.1) is 0 Å². The summed E-state index contributed by atoms with van der Waals surface area (Å²) in [7, 11) is 0. The first-order valence-electron chi connectivity index (χ1n) is 5.50. The lowest BCUT2D eigenvalue weighted by Gasteiger charge is -2.09. The summed E-state index contributed by atoms with van der Waals surface area (Å²) in [6.07, 6.45) is 3.51. The van der Waals surface area contributed by atoms with Crippen LogP contribution < -0.4 is 0 Å². The maximum absolute atomic E-state index is 11.1. The van der Waals surface area contributed by atoms with Gasteiger partial charge in [0.1, 0.15) is 5.82 Å². The second kappa shape index (κ2) is 3.30. The van der Waals surface area contributed by atoms with Crippen LogP contribution in [0.3, 0.4) is 0 Å². The van der Waals surface area contributed by atoms with Crippen LogP contribution in [0.15, 0.2) is 24.4 Å². The number of hydrogen-bond donors (Lipinski definition) is 2. The minimum absolute atomic E-state index is 0.0140. The summed E-state index contributed by atoms with van der Waals surface area (Å²) in [6.45, 7) is 0.0140. The Hall–Kier alpha value is -1.88. The third-order valence-electron chi connectivity index (χ3n) is 3.38. The lowest BCUT2D eigenvalue weighted by Crippen LogP contribution is -2.16. The number of aromatic nitrogens is 2. The van der Waals surface area contributed by atoms with E-state index in [0.717, 1.165) is 12.8 Å². The molecule has 3 rings (SSSR count). The molecule has 0 unspecified atom stereocenters. The Morgan fingerprint density at radius 3 is 2.82 bits per heavy atom. The van der Waals surface area contributed by atoms with Gasteiger partial charge in [0.25, 0.3) is 0 Å². The zero-order valence-electron chi connectivity index (χ0n) is 9.13. The van der Waals surface area contributed by atoms with E-state index in [1.54, 1.807) is 22.7 Å². The quantitative estimate of drug-likeness (QED) is 0.829. The van der Waals surface area contributed by atoms with Crippen LogP contribution in [0.25, 0.3) is 5.52 Å². The first-order chi connectivity index (χ1) is 8.18. The topological polar surface area (TPSA) is 74.8 Å². The maximum Gasteiger partial charge on any atom is 0.356 e. The monoisotopic (exact) mass is 232 g/mol.